The van der Waals surface area contributed by atoms with Crippen LogP contribution in [0.4, 0.5) is 0 Å². The summed E-state index contributed by atoms with van der Waals surface area (Å²) >= 11 is -24.4. The zero-order valence-corrected chi connectivity index (χ0v) is 32.0. The minimum atomic E-state index is -6.10. The maximum absolute atomic E-state index is 8.64. The molecule has 0 heterocycles. The third kappa shape index (κ3) is 553. The Morgan fingerprint density at radius 1 is 0.417 bits per heavy atom. The summed E-state index contributed by atoms with van der Waals surface area (Å²) in [6, 6.07) is 0. The van der Waals surface area contributed by atoms with Gasteiger partial charge in [0.15, 0.2) is 0 Å². The SMILES string of the molecule is [K+].[Na+].[Nb+5].[O]=[Sb]([O-])([O-])[O-].[O]=[Sb]([O-])([O-])[O-].[O]=[Sb]([O-])([O-])[O-].[O]=[Sb]([O-])([O-])[O-].[Ta+5]. The van der Waals surface area contributed by atoms with Crippen LogP contribution in [0.1, 0.15) is 0 Å². The summed E-state index contributed by atoms with van der Waals surface area (Å²) < 4.78 is 138. The number of hydrogen-bond donors (Lipinski definition) is 0. The Balaban J connectivity index is -0.0000000225. The van der Waals surface area contributed by atoms with Crippen LogP contribution in [0, 0.1) is 0 Å². The second-order valence-corrected chi connectivity index (χ2v) is 12.0. The normalized spacial score (nSPS) is 9.83. The van der Waals surface area contributed by atoms with Crippen molar-refractivity contribution in [3.8, 4) is 0 Å². The predicted octanol–water partition coefficient (Wildman–Crippen LogP) is -22.3. The van der Waals surface area contributed by atoms with E-state index in [9.17, 15) is 0 Å². The largest absolute Gasteiger partial charge is 5.00 e. The van der Waals surface area contributed by atoms with E-state index < -0.39 is 80.2 Å². The van der Waals surface area contributed by atoms with Gasteiger partial charge in [-0.25, -0.2) is 0 Å². The van der Waals surface area contributed by atoms with E-state index in [-0.39, 0.29) is 126 Å². The standard InChI is InChI=1S/K.Na.Nb.16O.4Sb.Ta/q2*+1;+5;;;;;12*-1;;;;;+5. The van der Waals surface area contributed by atoms with Gasteiger partial charge in [-0.3, -0.25) is 0 Å². The van der Waals surface area contributed by atoms with Crippen molar-refractivity contribution in [3.05, 3.63) is 0 Å². The van der Waals surface area contributed by atoms with Crippen LogP contribution in [0.3, 0.4) is 0 Å². The molecule has 0 atom stereocenters. The average molecular weight is 1080 g/mol. The fourth-order valence-corrected chi connectivity index (χ4v) is 0. The van der Waals surface area contributed by atoms with E-state index in [0.29, 0.717) is 0 Å². The molecule has 0 radical (unpaired) electrons. The van der Waals surface area contributed by atoms with E-state index in [0.717, 1.165) is 0 Å². The zero-order valence-electron chi connectivity index (χ0n) is 11.2. The van der Waals surface area contributed by atoms with Gasteiger partial charge in [-0.15, -0.1) is 0 Å². The summed E-state index contributed by atoms with van der Waals surface area (Å²) in [7, 11) is 0. The molecule has 24 heteroatoms. The molecule has 0 spiro atoms. The summed E-state index contributed by atoms with van der Waals surface area (Å²) in [5, 5.41) is 0. The van der Waals surface area contributed by atoms with Gasteiger partial charge in [-0.05, 0) is 0 Å². The quantitative estimate of drug-likeness (QED) is 0.203. The molecular weight excluding hydrogens is 1080 g/mol. The first-order chi connectivity index (χ1) is 8.00. The monoisotopic (exact) mass is 1080 g/mol. The van der Waals surface area contributed by atoms with E-state index in [1.165, 1.54) is 0 Å². The molecule has 0 N–H and O–H groups in total. The first-order valence-corrected chi connectivity index (χ1v) is 19.6. The minimum absolute atomic E-state index is 0. The zero-order chi connectivity index (χ0) is 18.0. The Kier molecular flexibility index (Phi) is 55.2. The van der Waals surface area contributed by atoms with Crippen molar-refractivity contribution in [1.29, 1.82) is 0 Å². The van der Waals surface area contributed by atoms with Crippen molar-refractivity contribution in [3.63, 3.8) is 0 Å². The van der Waals surface area contributed by atoms with E-state index in [2.05, 4.69) is 0 Å². The molecule has 0 aliphatic heterocycles. The second-order valence-electron chi connectivity index (χ2n) is 1.79. The third-order valence-corrected chi connectivity index (χ3v) is 0. The van der Waals surface area contributed by atoms with Gasteiger partial charge in [-0.2, -0.15) is 0 Å². The summed E-state index contributed by atoms with van der Waals surface area (Å²) in [4.78, 5) is 0. The first kappa shape index (κ1) is 52.2. The summed E-state index contributed by atoms with van der Waals surface area (Å²) in [6.07, 6.45) is 0. The summed E-state index contributed by atoms with van der Waals surface area (Å²) in [5.74, 6) is 0. The Hall–Kier alpha value is 6.11. The van der Waals surface area contributed by atoms with Gasteiger partial charge in [0.05, 0.1) is 0 Å². The minimum Gasteiger partial charge on any atom is 5.00 e. The van der Waals surface area contributed by atoms with E-state index in [1.54, 1.807) is 0 Å². The maximum atomic E-state index is 8.64. The van der Waals surface area contributed by atoms with Gasteiger partial charge < -0.3 is 0 Å². The van der Waals surface area contributed by atoms with Gasteiger partial charge >= 0.3 is 259 Å². The second kappa shape index (κ2) is 25.4. The topological polar surface area (TPSA) is 345 Å². The van der Waals surface area contributed by atoms with E-state index in [1.807, 2.05) is 0 Å². The van der Waals surface area contributed by atoms with Crippen molar-refractivity contribution in [2.45, 2.75) is 0 Å². The maximum Gasteiger partial charge on any atom is 5.00 e. The van der Waals surface area contributed by atoms with E-state index in [4.69, 9.17) is 52.7 Å². The summed E-state index contributed by atoms with van der Waals surface area (Å²) in [6.45, 7) is 0. The molecule has 0 aromatic rings. The molecule has 0 amide bonds. The molecule has 0 fully saturated rings. The van der Waals surface area contributed by atoms with Gasteiger partial charge in [0.1, 0.15) is 0 Å². The molecule has 128 valence electrons. The van der Waals surface area contributed by atoms with Crippen LogP contribution in [0.5, 0.6) is 0 Å². The Morgan fingerprint density at radius 3 is 0.417 bits per heavy atom. The molecule has 0 aromatic carbocycles. The first-order valence-electron chi connectivity index (χ1n) is 2.92. The predicted molar refractivity (Wildman–Crippen MR) is 25.8 cm³/mol. The van der Waals surface area contributed by atoms with Crippen LogP contribution in [0.25, 0.3) is 0 Å². The Morgan fingerprint density at radius 2 is 0.417 bits per heavy atom. The molecule has 0 aromatic heterocycles. The molecule has 0 rings (SSSR count). The van der Waals surface area contributed by atoms with Crippen molar-refractivity contribution in [2.24, 2.45) is 0 Å². The number of rotatable bonds is 0. The fourth-order valence-electron chi connectivity index (χ4n) is 0. The molecule has 0 saturated heterocycles. The Labute approximate surface area is 252 Å². The van der Waals surface area contributed by atoms with Crippen LogP contribution < -0.4 is 122 Å². The fraction of sp³-hybridized carbons (Fsp3) is 0. The molecular formula is KNaNbO16Sb4Ta. The number of hydrogen-bond acceptors (Lipinski definition) is 16. The molecule has 0 saturated carbocycles. The van der Waals surface area contributed by atoms with Gasteiger partial charge in [0.2, 0.25) is 0 Å². The van der Waals surface area contributed by atoms with Crippen LogP contribution in [-0.2, 0) is 56.8 Å². The van der Waals surface area contributed by atoms with Crippen LogP contribution in [0.2, 0.25) is 0 Å². The molecule has 0 aliphatic carbocycles. The van der Waals surface area contributed by atoms with E-state index >= 15 is 0 Å². The van der Waals surface area contributed by atoms with Crippen LogP contribution >= 0.6 is 0 Å². The van der Waals surface area contributed by atoms with Crippen molar-refractivity contribution >= 4 is 80.2 Å². The van der Waals surface area contributed by atoms with Crippen molar-refractivity contribution < 1.29 is 178 Å². The van der Waals surface area contributed by atoms with Gasteiger partial charge in [0.25, 0.3) is 0 Å². The van der Waals surface area contributed by atoms with Gasteiger partial charge in [-0.1, -0.05) is 0 Å². The van der Waals surface area contributed by atoms with Crippen LogP contribution in [-0.4, -0.2) is 80.2 Å². The molecule has 24 heavy (non-hydrogen) atoms. The van der Waals surface area contributed by atoms with Crippen molar-refractivity contribution in [2.75, 3.05) is 0 Å². The van der Waals surface area contributed by atoms with Gasteiger partial charge in [0, 0.05) is 0 Å². The smallest absolute Gasteiger partial charge is 5.00 e. The molecule has 0 unspecified atom stereocenters. The Bertz CT molecular complexity index is 303. The third-order valence-electron chi connectivity index (χ3n) is 0. The molecule has 16 nitrogen and oxygen atoms in total. The average Bonchev–Trinajstić information content (AvgIpc) is 1.62. The van der Waals surface area contributed by atoms with Crippen molar-refractivity contribution in [1.82, 2.24) is 0 Å². The molecule has 0 bridgehead atoms. The molecule has 0 aliphatic rings. The van der Waals surface area contributed by atoms with Crippen LogP contribution in [0.15, 0.2) is 0 Å². The summed E-state index contributed by atoms with van der Waals surface area (Å²) in [5.41, 5.74) is 0.